The largest absolute Gasteiger partial charge is 0.241 e. The summed E-state index contributed by atoms with van der Waals surface area (Å²) in [5, 5.41) is 10.1. The predicted molar refractivity (Wildman–Crippen MR) is 78.6 cm³/mol. The zero-order valence-corrected chi connectivity index (χ0v) is 12.7. The first-order valence-electron chi connectivity index (χ1n) is 5.79. The van der Waals surface area contributed by atoms with E-state index >= 15 is 0 Å². The molecule has 0 spiro atoms. The Hall–Kier alpha value is -1.18. The molecular formula is C14H13BrN2S. The lowest BCUT2D eigenvalue weighted by molar-refractivity contribution is 0.824. The van der Waals surface area contributed by atoms with Gasteiger partial charge in [-0.3, -0.25) is 0 Å². The van der Waals surface area contributed by atoms with Crippen LogP contribution in [0.2, 0.25) is 0 Å². The van der Waals surface area contributed by atoms with Gasteiger partial charge in [0.1, 0.15) is 5.01 Å². The molecule has 92 valence electrons. The van der Waals surface area contributed by atoms with Gasteiger partial charge in [-0.25, -0.2) is 4.98 Å². The number of nitrogens with zero attached hydrogens (tertiary/aromatic N) is 2. The van der Waals surface area contributed by atoms with Crippen LogP contribution in [-0.4, -0.2) is 4.98 Å². The zero-order valence-electron chi connectivity index (χ0n) is 10.3. The minimum atomic E-state index is -0.0428. The first-order chi connectivity index (χ1) is 8.67. The Morgan fingerprint density at radius 1 is 1.44 bits per heavy atom. The van der Waals surface area contributed by atoms with Gasteiger partial charge in [-0.15, -0.1) is 11.3 Å². The van der Waals surface area contributed by atoms with Crippen LogP contribution in [0.1, 0.15) is 29.8 Å². The van der Waals surface area contributed by atoms with E-state index in [4.69, 9.17) is 5.26 Å². The fourth-order valence-electron chi connectivity index (χ4n) is 1.82. The number of aryl methyl sites for hydroxylation is 1. The lowest BCUT2D eigenvalue weighted by atomic mass is 10.1. The maximum absolute atomic E-state index is 9.16. The summed E-state index contributed by atoms with van der Waals surface area (Å²) in [6.45, 7) is 4.01. The lowest BCUT2D eigenvalue weighted by Gasteiger charge is -2.02. The Labute approximate surface area is 119 Å². The van der Waals surface area contributed by atoms with Crippen LogP contribution in [0.3, 0.4) is 0 Å². The van der Waals surface area contributed by atoms with Gasteiger partial charge >= 0.3 is 0 Å². The molecule has 1 unspecified atom stereocenters. The van der Waals surface area contributed by atoms with Crippen molar-refractivity contribution >= 4 is 27.3 Å². The van der Waals surface area contributed by atoms with Crippen LogP contribution in [0, 0.1) is 18.3 Å². The molecular weight excluding hydrogens is 308 g/mol. The second-order valence-electron chi connectivity index (χ2n) is 4.04. The van der Waals surface area contributed by atoms with Crippen molar-refractivity contribution in [2.75, 3.05) is 0 Å². The molecule has 2 rings (SSSR count). The van der Waals surface area contributed by atoms with Crippen LogP contribution in [0.5, 0.6) is 0 Å². The zero-order chi connectivity index (χ0) is 13.1. The van der Waals surface area contributed by atoms with Crippen molar-refractivity contribution in [1.82, 2.24) is 4.98 Å². The number of hydrogen-bond acceptors (Lipinski definition) is 3. The van der Waals surface area contributed by atoms with E-state index in [1.807, 2.05) is 38.1 Å². The van der Waals surface area contributed by atoms with Crippen molar-refractivity contribution in [3.8, 4) is 16.6 Å². The van der Waals surface area contributed by atoms with Crippen LogP contribution in [0.4, 0.5) is 0 Å². The van der Waals surface area contributed by atoms with Gasteiger partial charge in [0.2, 0.25) is 0 Å². The van der Waals surface area contributed by atoms with Crippen molar-refractivity contribution in [3.63, 3.8) is 0 Å². The minimum absolute atomic E-state index is 0.0428. The number of halogens is 1. The number of hydrogen-bond donors (Lipinski definition) is 0. The molecule has 1 aromatic heterocycles. The Balaban J connectivity index is 2.47. The van der Waals surface area contributed by atoms with Gasteiger partial charge in [-0.05, 0) is 19.4 Å². The third kappa shape index (κ3) is 2.47. The van der Waals surface area contributed by atoms with Crippen molar-refractivity contribution in [2.45, 2.75) is 26.2 Å². The van der Waals surface area contributed by atoms with Gasteiger partial charge in [0.25, 0.3) is 0 Å². The molecule has 1 heterocycles. The normalized spacial score (nSPS) is 12.1. The maximum atomic E-state index is 9.16. The molecule has 0 aliphatic heterocycles. The quantitative estimate of drug-likeness (QED) is 0.806. The molecule has 0 aliphatic carbocycles. The van der Waals surface area contributed by atoms with Gasteiger partial charge in [0.15, 0.2) is 0 Å². The van der Waals surface area contributed by atoms with E-state index in [0.29, 0.717) is 0 Å². The smallest absolute Gasteiger partial charge is 0.125 e. The second kappa shape index (κ2) is 5.64. The molecule has 0 saturated heterocycles. The molecule has 18 heavy (non-hydrogen) atoms. The van der Waals surface area contributed by atoms with Crippen molar-refractivity contribution < 1.29 is 0 Å². The van der Waals surface area contributed by atoms with Gasteiger partial charge in [-0.1, -0.05) is 41.1 Å². The number of nitriles is 1. The molecule has 0 radical (unpaired) electrons. The standard InChI is InChI=1S/C14H13BrN2S/c1-3-10(8-16)13-9(2)17-14(18-13)11-6-4-5-7-12(11)15/h4-7,10H,3H2,1-2H3. The monoisotopic (exact) mass is 320 g/mol. The fourth-order valence-corrected chi connectivity index (χ4v) is 3.65. The van der Waals surface area contributed by atoms with Gasteiger partial charge in [0, 0.05) is 14.9 Å². The number of benzene rings is 1. The van der Waals surface area contributed by atoms with E-state index in [1.165, 1.54) is 0 Å². The van der Waals surface area contributed by atoms with E-state index < -0.39 is 0 Å². The second-order valence-corrected chi connectivity index (χ2v) is 5.92. The average molecular weight is 321 g/mol. The van der Waals surface area contributed by atoms with Crippen molar-refractivity contribution in [1.29, 1.82) is 5.26 Å². The summed E-state index contributed by atoms with van der Waals surface area (Å²) in [5.41, 5.74) is 2.06. The molecule has 0 aliphatic rings. The van der Waals surface area contributed by atoms with Gasteiger partial charge in [-0.2, -0.15) is 5.26 Å². The maximum Gasteiger partial charge on any atom is 0.125 e. The van der Waals surface area contributed by atoms with Crippen LogP contribution >= 0.6 is 27.3 Å². The van der Waals surface area contributed by atoms with E-state index in [1.54, 1.807) is 11.3 Å². The average Bonchev–Trinajstić information content (AvgIpc) is 2.74. The topological polar surface area (TPSA) is 36.7 Å². The minimum Gasteiger partial charge on any atom is -0.241 e. The Morgan fingerprint density at radius 3 is 2.78 bits per heavy atom. The van der Waals surface area contributed by atoms with Crippen molar-refractivity contribution in [2.24, 2.45) is 0 Å². The third-order valence-electron chi connectivity index (χ3n) is 2.82. The SMILES string of the molecule is CCC(C#N)c1sc(-c2ccccc2Br)nc1C. The number of thiazole rings is 1. The lowest BCUT2D eigenvalue weighted by Crippen LogP contribution is -1.92. The summed E-state index contributed by atoms with van der Waals surface area (Å²) < 4.78 is 1.04. The molecule has 0 amide bonds. The Morgan fingerprint density at radius 2 is 2.17 bits per heavy atom. The first kappa shape index (κ1) is 13.3. The van der Waals surface area contributed by atoms with E-state index in [2.05, 4.69) is 27.0 Å². The van der Waals surface area contributed by atoms with Crippen LogP contribution in [0.25, 0.3) is 10.6 Å². The molecule has 0 saturated carbocycles. The highest BCUT2D eigenvalue weighted by Gasteiger charge is 2.17. The van der Waals surface area contributed by atoms with Gasteiger partial charge < -0.3 is 0 Å². The summed E-state index contributed by atoms with van der Waals surface area (Å²) in [4.78, 5) is 5.68. The first-order valence-corrected chi connectivity index (χ1v) is 7.40. The van der Waals surface area contributed by atoms with Crippen LogP contribution in [-0.2, 0) is 0 Å². The van der Waals surface area contributed by atoms with Crippen LogP contribution in [0.15, 0.2) is 28.7 Å². The van der Waals surface area contributed by atoms with Crippen molar-refractivity contribution in [3.05, 3.63) is 39.3 Å². The number of aromatic nitrogens is 1. The predicted octanol–water partition coefficient (Wildman–Crippen LogP) is 4.90. The third-order valence-corrected chi connectivity index (χ3v) is 4.81. The summed E-state index contributed by atoms with van der Waals surface area (Å²) in [5.74, 6) is -0.0428. The molecule has 0 N–H and O–H groups in total. The number of rotatable bonds is 3. The fraction of sp³-hybridized carbons (Fsp3) is 0.286. The summed E-state index contributed by atoms with van der Waals surface area (Å²) >= 11 is 5.16. The van der Waals surface area contributed by atoms with Gasteiger partial charge in [0.05, 0.1) is 17.7 Å². The van der Waals surface area contributed by atoms with Crippen LogP contribution < -0.4 is 0 Å². The van der Waals surface area contributed by atoms with E-state index in [0.717, 1.165) is 32.0 Å². The molecule has 1 atom stereocenters. The highest BCUT2D eigenvalue weighted by molar-refractivity contribution is 9.10. The highest BCUT2D eigenvalue weighted by Crippen LogP contribution is 2.36. The molecule has 0 bridgehead atoms. The highest BCUT2D eigenvalue weighted by atomic mass is 79.9. The molecule has 2 nitrogen and oxygen atoms in total. The molecule has 0 fully saturated rings. The summed E-state index contributed by atoms with van der Waals surface area (Å²) in [7, 11) is 0. The molecule has 2 aromatic rings. The molecule has 1 aromatic carbocycles. The molecule has 4 heteroatoms. The summed E-state index contributed by atoms with van der Waals surface area (Å²) in [6, 6.07) is 10.4. The Bertz CT molecular complexity index is 598. The Kier molecular flexibility index (Phi) is 4.15. The van der Waals surface area contributed by atoms with E-state index in [9.17, 15) is 0 Å². The summed E-state index contributed by atoms with van der Waals surface area (Å²) in [6.07, 6.45) is 0.828. The van der Waals surface area contributed by atoms with E-state index in [-0.39, 0.29) is 5.92 Å².